The van der Waals surface area contributed by atoms with Gasteiger partial charge in [-0.25, -0.2) is 0 Å². The highest BCUT2D eigenvalue weighted by Gasteiger charge is 2.62. The van der Waals surface area contributed by atoms with Crippen LogP contribution in [0.25, 0.3) is 33.4 Å². The zero-order valence-electron chi connectivity index (χ0n) is 27.0. The third kappa shape index (κ3) is 2.94. The van der Waals surface area contributed by atoms with Crippen LogP contribution in [0.15, 0.2) is 133 Å². The Morgan fingerprint density at radius 2 is 0.958 bits per heavy atom. The van der Waals surface area contributed by atoms with Gasteiger partial charge in [-0.3, -0.25) is 0 Å². The Morgan fingerprint density at radius 3 is 1.67 bits per heavy atom. The molecule has 0 aromatic heterocycles. The SMILES string of the molecule is c1ccc2c(c1)Oc1ccccc1C21c2ccccc2-c2ccc(-c3cccc4c3-c3ccccc3C43C4CC5CC(C4)CC3C5)cc21. The fourth-order valence-corrected chi connectivity index (χ4v) is 12.5. The summed E-state index contributed by atoms with van der Waals surface area (Å²) in [6.07, 6.45) is 7.11. The zero-order valence-corrected chi connectivity index (χ0v) is 27.0. The van der Waals surface area contributed by atoms with Crippen molar-refractivity contribution in [3.63, 3.8) is 0 Å². The molecule has 48 heavy (non-hydrogen) atoms. The van der Waals surface area contributed by atoms with Crippen LogP contribution in [0.1, 0.15) is 65.5 Å². The van der Waals surface area contributed by atoms with Gasteiger partial charge in [-0.1, -0.05) is 115 Å². The summed E-state index contributed by atoms with van der Waals surface area (Å²) in [7, 11) is 0. The molecule has 1 heterocycles. The summed E-state index contributed by atoms with van der Waals surface area (Å²) in [6.45, 7) is 0. The van der Waals surface area contributed by atoms with E-state index in [1.54, 1.807) is 11.1 Å². The quantitative estimate of drug-likeness (QED) is 0.178. The average Bonchev–Trinajstić information content (AvgIpc) is 3.59. The van der Waals surface area contributed by atoms with Gasteiger partial charge in [0.15, 0.2) is 0 Å². The minimum absolute atomic E-state index is 0.169. The molecule has 13 rings (SSSR count). The molecule has 2 spiro atoms. The van der Waals surface area contributed by atoms with E-state index in [1.165, 1.54) is 87.7 Å². The van der Waals surface area contributed by atoms with Gasteiger partial charge in [-0.2, -0.15) is 0 Å². The Kier molecular flexibility index (Phi) is 4.88. The first kappa shape index (κ1) is 26.1. The van der Waals surface area contributed by atoms with Crippen LogP contribution in [-0.2, 0) is 10.8 Å². The average molecular weight is 617 g/mol. The van der Waals surface area contributed by atoms with Gasteiger partial charge in [0.1, 0.15) is 11.5 Å². The van der Waals surface area contributed by atoms with Crippen molar-refractivity contribution in [3.05, 3.63) is 167 Å². The summed E-state index contributed by atoms with van der Waals surface area (Å²) in [5, 5.41) is 0. The van der Waals surface area contributed by atoms with Crippen molar-refractivity contribution in [2.75, 3.05) is 0 Å². The maximum atomic E-state index is 6.62. The summed E-state index contributed by atoms with van der Waals surface area (Å²) >= 11 is 0. The van der Waals surface area contributed by atoms with Gasteiger partial charge in [-0.05, 0) is 130 Å². The molecule has 0 N–H and O–H groups in total. The van der Waals surface area contributed by atoms with Crippen LogP contribution < -0.4 is 4.74 Å². The molecule has 1 aliphatic heterocycles. The summed E-state index contributed by atoms with van der Waals surface area (Å²) in [6, 6.07) is 50.7. The predicted molar refractivity (Wildman–Crippen MR) is 193 cm³/mol. The lowest BCUT2D eigenvalue weighted by atomic mass is 9.43. The lowest BCUT2D eigenvalue weighted by Crippen LogP contribution is -2.55. The lowest BCUT2D eigenvalue weighted by molar-refractivity contribution is -0.0399. The molecule has 0 unspecified atom stereocenters. The van der Waals surface area contributed by atoms with E-state index >= 15 is 0 Å². The Balaban J connectivity index is 1.14. The van der Waals surface area contributed by atoms with Crippen molar-refractivity contribution in [2.45, 2.75) is 42.9 Å². The number of para-hydroxylation sites is 2. The molecule has 0 amide bonds. The van der Waals surface area contributed by atoms with Crippen molar-refractivity contribution in [1.29, 1.82) is 0 Å². The van der Waals surface area contributed by atoms with Gasteiger partial charge < -0.3 is 4.74 Å². The molecular formula is C47H36O. The Hall–Kier alpha value is -4.88. The Labute approximate surface area is 282 Å². The van der Waals surface area contributed by atoms with Crippen molar-refractivity contribution in [2.24, 2.45) is 23.7 Å². The second-order valence-corrected chi connectivity index (χ2v) is 15.6. The molecule has 0 atom stereocenters. The van der Waals surface area contributed by atoms with Gasteiger partial charge in [0.25, 0.3) is 0 Å². The fraction of sp³-hybridized carbons (Fsp3) is 0.234. The van der Waals surface area contributed by atoms with Gasteiger partial charge >= 0.3 is 0 Å². The monoisotopic (exact) mass is 616 g/mol. The van der Waals surface area contributed by atoms with Gasteiger partial charge in [0.05, 0.1) is 5.41 Å². The van der Waals surface area contributed by atoms with E-state index in [1.807, 2.05) is 0 Å². The number of rotatable bonds is 1. The molecule has 6 aromatic carbocycles. The van der Waals surface area contributed by atoms with Crippen molar-refractivity contribution in [1.82, 2.24) is 0 Å². The largest absolute Gasteiger partial charge is 0.457 e. The van der Waals surface area contributed by atoms with Gasteiger partial charge in [-0.15, -0.1) is 0 Å². The summed E-state index contributed by atoms with van der Waals surface area (Å²) in [4.78, 5) is 0. The highest BCUT2D eigenvalue weighted by atomic mass is 16.5. The molecule has 0 radical (unpaired) electrons. The third-order valence-electron chi connectivity index (χ3n) is 13.7. The standard InChI is InChI=1S/C47H36O/c1-3-13-37-34(10-1)35-21-20-30(27-42(35)47(37)39-15-5-7-18-43(39)48-44-19-8-6-16-40(44)47)33-12-9-17-41-45(33)36-11-2-4-14-38(36)46(41)31-23-28-22-29(25-31)26-32(46)24-28/h1-21,27-29,31-32H,22-26H2. The number of benzene rings is 6. The molecule has 6 aliphatic carbocycles. The summed E-state index contributed by atoms with van der Waals surface area (Å²) < 4.78 is 6.62. The fourth-order valence-electron chi connectivity index (χ4n) is 12.5. The van der Waals surface area contributed by atoms with E-state index in [0.717, 1.165) is 35.2 Å². The van der Waals surface area contributed by atoms with Crippen molar-refractivity contribution >= 4 is 0 Å². The Morgan fingerprint density at radius 1 is 0.417 bits per heavy atom. The molecule has 1 heteroatoms. The van der Waals surface area contributed by atoms with Crippen molar-refractivity contribution in [3.8, 4) is 44.9 Å². The lowest BCUT2D eigenvalue weighted by Gasteiger charge is -2.61. The molecule has 4 fully saturated rings. The van der Waals surface area contributed by atoms with Crippen LogP contribution in [0.2, 0.25) is 0 Å². The third-order valence-corrected chi connectivity index (χ3v) is 13.7. The molecule has 230 valence electrons. The van der Waals surface area contributed by atoms with Crippen LogP contribution >= 0.6 is 0 Å². The highest BCUT2D eigenvalue weighted by molar-refractivity contribution is 5.96. The van der Waals surface area contributed by atoms with E-state index < -0.39 is 5.41 Å². The molecule has 6 aromatic rings. The summed E-state index contributed by atoms with van der Waals surface area (Å²) in [5.74, 6) is 5.30. The van der Waals surface area contributed by atoms with Crippen LogP contribution in [-0.4, -0.2) is 0 Å². The minimum Gasteiger partial charge on any atom is -0.457 e. The van der Waals surface area contributed by atoms with E-state index in [9.17, 15) is 0 Å². The zero-order chi connectivity index (χ0) is 31.2. The van der Waals surface area contributed by atoms with E-state index in [2.05, 4.69) is 133 Å². The van der Waals surface area contributed by atoms with Crippen molar-refractivity contribution < 1.29 is 4.74 Å². The maximum Gasteiger partial charge on any atom is 0.132 e. The number of hydrogen-bond donors (Lipinski definition) is 0. The molecule has 7 aliphatic rings. The van der Waals surface area contributed by atoms with Crippen LogP contribution in [0.5, 0.6) is 11.5 Å². The molecular weight excluding hydrogens is 581 g/mol. The molecule has 0 saturated heterocycles. The Bertz CT molecular complexity index is 2280. The van der Waals surface area contributed by atoms with Crippen LogP contribution in [0.3, 0.4) is 0 Å². The first-order chi connectivity index (χ1) is 23.8. The second-order valence-electron chi connectivity index (χ2n) is 15.6. The number of hydrogen-bond acceptors (Lipinski definition) is 1. The smallest absolute Gasteiger partial charge is 0.132 e. The van der Waals surface area contributed by atoms with Gasteiger partial charge in [0.2, 0.25) is 0 Å². The first-order valence-electron chi connectivity index (χ1n) is 18.1. The normalized spacial score (nSPS) is 26.8. The number of fused-ring (bicyclic) bond motifs is 12. The van der Waals surface area contributed by atoms with Gasteiger partial charge in [0, 0.05) is 16.5 Å². The van der Waals surface area contributed by atoms with E-state index in [-0.39, 0.29) is 5.41 Å². The highest BCUT2D eigenvalue weighted by Crippen LogP contribution is 2.70. The van der Waals surface area contributed by atoms with E-state index in [0.29, 0.717) is 0 Å². The topological polar surface area (TPSA) is 9.23 Å². The second kappa shape index (κ2) is 8.97. The summed E-state index contributed by atoms with van der Waals surface area (Å²) in [5.41, 5.74) is 16.4. The predicted octanol–water partition coefficient (Wildman–Crippen LogP) is 11.5. The van der Waals surface area contributed by atoms with Crippen LogP contribution in [0, 0.1) is 23.7 Å². The van der Waals surface area contributed by atoms with E-state index in [4.69, 9.17) is 4.74 Å². The minimum atomic E-state index is -0.453. The molecule has 4 saturated carbocycles. The first-order valence-corrected chi connectivity index (χ1v) is 18.1. The van der Waals surface area contributed by atoms with Crippen LogP contribution in [0.4, 0.5) is 0 Å². The maximum absolute atomic E-state index is 6.62. The molecule has 1 nitrogen and oxygen atoms in total. The number of ether oxygens (including phenoxy) is 1. The molecule has 4 bridgehead atoms.